The lowest BCUT2D eigenvalue weighted by atomic mass is 10.1. The molecule has 0 aliphatic carbocycles. The van der Waals surface area contributed by atoms with E-state index in [1.54, 1.807) is 0 Å². The highest BCUT2D eigenvalue weighted by Gasteiger charge is 2.24. The summed E-state index contributed by atoms with van der Waals surface area (Å²) in [4.78, 5) is 0. The zero-order chi connectivity index (χ0) is 14.0. The first-order valence-corrected chi connectivity index (χ1v) is 8.31. The molecule has 3 atom stereocenters. The molecule has 0 saturated carbocycles. The summed E-state index contributed by atoms with van der Waals surface area (Å²) in [5.74, 6) is 0. The summed E-state index contributed by atoms with van der Waals surface area (Å²) in [5, 5.41) is 0. The molecule has 2 aliphatic rings. The Bertz CT molecular complexity index is 239. The van der Waals surface area contributed by atoms with Crippen molar-refractivity contribution >= 4 is 0 Å². The van der Waals surface area contributed by atoms with Gasteiger partial charge in [-0.3, -0.25) is 0 Å². The van der Waals surface area contributed by atoms with E-state index < -0.39 is 0 Å². The molecular formula is C16H30O4. The summed E-state index contributed by atoms with van der Waals surface area (Å²) >= 11 is 0. The third kappa shape index (κ3) is 8.20. The van der Waals surface area contributed by atoms with Crippen molar-refractivity contribution < 1.29 is 18.9 Å². The van der Waals surface area contributed by atoms with Gasteiger partial charge in [0, 0.05) is 6.61 Å². The molecule has 2 heterocycles. The van der Waals surface area contributed by atoms with Crippen molar-refractivity contribution in [3.05, 3.63) is 0 Å². The van der Waals surface area contributed by atoms with Gasteiger partial charge in [-0.2, -0.15) is 0 Å². The molecule has 2 saturated heterocycles. The zero-order valence-corrected chi connectivity index (χ0v) is 12.9. The topological polar surface area (TPSA) is 43.5 Å². The zero-order valence-electron chi connectivity index (χ0n) is 12.9. The Labute approximate surface area is 123 Å². The fourth-order valence-electron chi connectivity index (χ4n) is 2.28. The largest absolute Gasteiger partial charge is 0.379 e. The molecule has 118 valence electrons. The van der Waals surface area contributed by atoms with E-state index in [9.17, 15) is 0 Å². The van der Waals surface area contributed by atoms with Crippen molar-refractivity contribution in [2.45, 2.75) is 70.2 Å². The second-order valence-corrected chi connectivity index (χ2v) is 5.93. The quantitative estimate of drug-likeness (QED) is 0.364. The highest BCUT2D eigenvalue weighted by molar-refractivity contribution is 4.70. The van der Waals surface area contributed by atoms with Gasteiger partial charge < -0.3 is 18.9 Å². The second-order valence-electron chi connectivity index (χ2n) is 5.93. The lowest BCUT2D eigenvalue weighted by Gasteiger charge is -2.17. The Morgan fingerprint density at radius 1 is 0.950 bits per heavy atom. The van der Waals surface area contributed by atoms with Gasteiger partial charge in [-0.15, -0.1) is 0 Å². The molecule has 4 nitrogen and oxygen atoms in total. The summed E-state index contributed by atoms with van der Waals surface area (Å²) in [7, 11) is 0. The number of epoxide rings is 2. The Morgan fingerprint density at radius 3 is 2.35 bits per heavy atom. The molecule has 3 unspecified atom stereocenters. The van der Waals surface area contributed by atoms with Crippen molar-refractivity contribution in [3.63, 3.8) is 0 Å². The maximum atomic E-state index is 5.96. The van der Waals surface area contributed by atoms with Crippen LogP contribution < -0.4 is 0 Å². The first-order valence-electron chi connectivity index (χ1n) is 8.31. The Kier molecular flexibility index (Phi) is 7.88. The van der Waals surface area contributed by atoms with Crippen LogP contribution in [0.3, 0.4) is 0 Å². The molecule has 0 amide bonds. The van der Waals surface area contributed by atoms with Crippen molar-refractivity contribution in [2.75, 3.05) is 33.0 Å². The molecule has 0 N–H and O–H groups in total. The molecule has 0 radical (unpaired) electrons. The minimum absolute atomic E-state index is 0.386. The molecule has 4 heteroatoms. The maximum Gasteiger partial charge on any atom is 0.104 e. The van der Waals surface area contributed by atoms with Crippen molar-refractivity contribution in [1.82, 2.24) is 0 Å². The standard InChI is InChI=1S/C16H30O4/c1-2-3-7-14(18-12-16-13-20-16)8-5-4-6-9-17-10-15-11-19-15/h14-16H,2-13H2,1H3. The van der Waals surface area contributed by atoms with E-state index in [0.717, 1.165) is 39.5 Å². The first kappa shape index (κ1) is 16.2. The SMILES string of the molecule is CCCCC(CCCCCOCC1CO1)OCC1CO1. The Hall–Kier alpha value is -0.160. The molecule has 2 aliphatic heterocycles. The van der Waals surface area contributed by atoms with E-state index >= 15 is 0 Å². The van der Waals surface area contributed by atoms with Crippen molar-refractivity contribution in [1.29, 1.82) is 0 Å². The van der Waals surface area contributed by atoms with Crippen molar-refractivity contribution in [3.8, 4) is 0 Å². The summed E-state index contributed by atoms with van der Waals surface area (Å²) in [6.45, 7) is 6.46. The van der Waals surface area contributed by atoms with Gasteiger partial charge >= 0.3 is 0 Å². The average Bonchev–Trinajstić information content (AvgIpc) is 3.34. The molecule has 0 aromatic rings. The third-order valence-corrected chi connectivity index (χ3v) is 3.82. The predicted molar refractivity (Wildman–Crippen MR) is 78.0 cm³/mol. The third-order valence-electron chi connectivity index (χ3n) is 3.82. The lowest BCUT2D eigenvalue weighted by Crippen LogP contribution is -2.16. The summed E-state index contributed by atoms with van der Waals surface area (Å²) in [6.07, 6.45) is 9.72. The summed E-state index contributed by atoms with van der Waals surface area (Å²) < 4.78 is 21.8. The van der Waals surface area contributed by atoms with Crippen molar-refractivity contribution in [2.24, 2.45) is 0 Å². The van der Waals surface area contributed by atoms with Gasteiger partial charge in [0.1, 0.15) is 12.2 Å². The Morgan fingerprint density at radius 2 is 1.65 bits per heavy atom. The minimum Gasteiger partial charge on any atom is -0.379 e. The van der Waals surface area contributed by atoms with Gasteiger partial charge in [0.2, 0.25) is 0 Å². The van der Waals surface area contributed by atoms with Crippen LogP contribution in [0.25, 0.3) is 0 Å². The lowest BCUT2D eigenvalue weighted by molar-refractivity contribution is 0.0286. The average molecular weight is 286 g/mol. The predicted octanol–water partition coefficient (Wildman–Crippen LogP) is 2.94. The van der Waals surface area contributed by atoms with Crippen LogP contribution in [-0.2, 0) is 18.9 Å². The monoisotopic (exact) mass is 286 g/mol. The van der Waals surface area contributed by atoms with Crippen LogP contribution in [0.15, 0.2) is 0 Å². The van der Waals surface area contributed by atoms with E-state index in [1.807, 2.05) is 0 Å². The summed E-state index contributed by atoms with van der Waals surface area (Å²) in [5.41, 5.74) is 0. The van der Waals surface area contributed by atoms with Crippen LogP contribution in [0.2, 0.25) is 0 Å². The van der Waals surface area contributed by atoms with Gasteiger partial charge in [-0.05, 0) is 19.3 Å². The van der Waals surface area contributed by atoms with Crippen LogP contribution in [0, 0.1) is 0 Å². The fraction of sp³-hybridized carbons (Fsp3) is 1.00. The number of ether oxygens (including phenoxy) is 4. The molecule has 20 heavy (non-hydrogen) atoms. The fourth-order valence-corrected chi connectivity index (χ4v) is 2.28. The second kappa shape index (κ2) is 9.72. The van der Waals surface area contributed by atoms with Crippen LogP contribution in [-0.4, -0.2) is 51.3 Å². The van der Waals surface area contributed by atoms with Crippen LogP contribution in [0.5, 0.6) is 0 Å². The number of rotatable bonds is 14. The van der Waals surface area contributed by atoms with E-state index in [-0.39, 0.29) is 0 Å². The molecule has 0 aromatic heterocycles. The van der Waals surface area contributed by atoms with E-state index in [1.165, 1.54) is 38.5 Å². The molecule has 0 bridgehead atoms. The number of hydrogen-bond acceptors (Lipinski definition) is 4. The van der Waals surface area contributed by atoms with E-state index in [2.05, 4.69) is 6.92 Å². The molecule has 0 spiro atoms. The van der Waals surface area contributed by atoms with Gasteiger partial charge in [0.05, 0.1) is 32.5 Å². The van der Waals surface area contributed by atoms with Crippen LogP contribution in [0.4, 0.5) is 0 Å². The normalized spacial score (nSPS) is 25.6. The first-order chi connectivity index (χ1) is 9.88. The Balaban J connectivity index is 1.41. The summed E-state index contributed by atoms with van der Waals surface area (Å²) in [6, 6.07) is 0. The maximum absolute atomic E-state index is 5.96. The van der Waals surface area contributed by atoms with Gasteiger partial charge in [0.15, 0.2) is 0 Å². The number of unbranched alkanes of at least 4 members (excludes halogenated alkanes) is 3. The van der Waals surface area contributed by atoms with E-state index in [0.29, 0.717) is 18.3 Å². The van der Waals surface area contributed by atoms with E-state index in [4.69, 9.17) is 18.9 Å². The van der Waals surface area contributed by atoms with Gasteiger partial charge in [-0.25, -0.2) is 0 Å². The molecule has 2 fully saturated rings. The van der Waals surface area contributed by atoms with Crippen LogP contribution in [0.1, 0.15) is 51.9 Å². The highest BCUT2D eigenvalue weighted by Crippen LogP contribution is 2.17. The molecule has 2 rings (SSSR count). The van der Waals surface area contributed by atoms with Crippen LogP contribution >= 0.6 is 0 Å². The van der Waals surface area contributed by atoms with Gasteiger partial charge in [-0.1, -0.05) is 32.6 Å². The molecule has 0 aromatic carbocycles. The minimum atomic E-state index is 0.386. The highest BCUT2D eigenvalue weighted by atomic mass is 16.6. The molecular weight excluding hydrogens is 256 g/mol. The van der Waals surface area contributed by atoms with Gasteiger partial charge in [0.25, 0.3) is 0 Å². The number of hydrogen-bond donors (Lipinski definition) is 0. The smallest absolute Gasteiger partial charge is 0.104 e.